The highest BCUT2D eigenvalue weighted by molar-refractivity contribution is 5.71. The first-order valence-electron chi connectivity index (χ1n) is 15.8. The number of carbonyl (C=O) groups excluding carboxylic acids is 1. The van der Waals surface area contributed by atoms with E-state index in [4.69, 9.17) is 14.2 Å². The predicted octanol–water partition coefficient (Wildman–Crippen LogP) is 7.43. The van der Waals surface area contributed by atoms with Crippen LogP contribution in [0.4, 0.5) is 0 Å². The van der Waals surface area contributed by atoms with E-state index in [-0.39, 0.29) is 19.1 Å². The largest absolute Gasteiger partial charge is 0.461 e. The maximum Gasteiger partial charge on any atom is 0.320 e. The van der Waals surface area contributed by atoms with E-state index in [1.165, 1.54) is 89.9 Å². The minimum atomic E-state index is -0.919. The van der Waals surface area contributed by atoms with Gasteiger partial charge in [0.05, 0.1) is 6.54 Å². The molecule has 0 spiro atoms. The number of rotatable bonds is 25. The smallest absolute Gasteiger partial charge is 0.320 e. The number of aliphatic hydroxyl groups is 1. The molecule has 1 aliphatic heterocycles. The zero-order chi connectivity index (χ0) is 28.1. The molecule has 0 fully saturated rings. The number of carbonyl (C=O) groups is 1. The van der Waals surface area contributed by atoms with Crippen LogP contribution in [0, 0.1) is 5.92 Å². The molecule has 0 bridgehead atoms. The third kappa shape index (κ3) is 16.9. The first-order chi connectivity index (χ1) is 18.3. The third-order valence-corrected chi connectivity index (χ3v) is 7.69. The number of ether oxygens (including phenoxy) is 3. The fourth-order valence-corrected chi connectivity index (χ4v) is 5.28. The van der Waals surface area contributed by atoms with Gasteiger partial charge in [0.15, 0.2) is 6.29 Å². The highest BCUT2D eigenvalue weighted by Crippen LogP contribution is 2.34. The van der Waals surface area contributed by atoms with E-state index in [2.05, 4.69) is 13.8 Å². The summed E-state index contributed by atoms with van der Waals surface area (Å²) in [4.78, 5) is 13.7. The molecule has 0 aromatic rings. The summed E-state index contributed by atoms with van der Waals surface area (Å²) in [5, 5.41) is 9.98. The highest BCUT2D eigenvalue weighted by atomic mass is 16.6. The Kier molecular flexibility index (Phi) is 20.1. The number of likely N-dealkylation sites (N-methyl/N-ethyl adjacent to an activating group) is 1. The third-order valence-electron chi connectivity index (χ3n) is 7.69. The van der Waals surface area contributed by atoms with Gasteiger partial charge in [0.1, 0.15) is 12.2 Å². The SMILES string of the molecule is CCCCCC(CCCCC)CCOCCCCCCCCCC1=C[C@H](O)OC1(C)COC(=O)CN(C)C. The van der Waals surface area contributed by atoms with Gasteiger partial charge in [-0.25, -0.2) is 0 Å². The topological polar surface area (TPSA) is 68.2 Å². The van der Waals surface area contributed by atoms with Crippen molar-refractivity contribution in [3.8, 4) is 0 Å². The molecular formula is C32H61NO5. The Balaban J connectivity index is 2.08. The summed E-state index contributed by atoms with van der Waals surface area (Å²) in [6, 6.07) is 0. The number of nitrogens with zero attached hydrogens (tertiary/aromatic N) is 1. The summed E-state index contributed by atoms with van der Waals surface area (Å²) in [6.07, 6.45) is 22.2. The van der Waals surface area contributed by atoms with Crippen LogP contribution in [0.15, 0.2) is 11.6 Å². The van der Waals surface area contributed by atoms with Crippen LogP contribution in [0.5, 0.6) is 0 Å². The van der Waals surface area contributed by atoms with Crippen molar-refractivity contribution in [2.24, 2.45) is 5.92 Å². The second-order valence-corrected chi connectivity index (χ2v) is 11.8. The average Bonchev–Trinajstić information content (AvgIpc) is 3.16. The van der Waals surface area contributed by atoms with E-state index in [1.807, 2.05) is 21.0 Å². The fraction of sp³-hybridized carbons (Fsp3) is 0.906. The lowest BCUT2D eigenvalue weighted by molar-refractivity contribution is -0.165. The minimum absolute atomic E-state index is 0.142. The van der Waals surface area contributed by atoms with Crippen molar-refractivity contribution in [2.75, 3.05) is 40.5 Å². The van der Waals surface area contributed by atoms with Crippen molar-refractivity contribution in [1.29, 1.82) is 0 Å². The van der Waals surface area contributed by atoms with Gasteiger partial charge in [0.25, 0.3) is 0 Å². The summed E-state index contributed by atoms with van der Waals surface area (Å²) in [5.74, 6) is 0.582. The Morgan fingerprint density at radius 3 is 2.13 bits per heavy atom. The fourth-order valence-electron chi connectivity index (χ4n) is 5.28. The molecule has 0 amide bonds. The van der Waals surface area contributed by atoms with E-state index < -0.39 is 11.9 Å². The monoisotopic (exact) mass is 539 g/mol. The first kappa shape index (κ1) is 35.1. The standard InChI is InChI=1S/C32H61NO5/c1-6-8-15-19-28(20-16-9-7-2)22-24-36-23-18-14-12-10-11-13-17-21-29-25-30(34)38-32(29,3)27-37-31(35)26-33(4)5/h25,28,30,34H,6-24,26-27H2,1-5H3/t30-,32?/m1/s1. The lowest BCUT2D eigenvalue weighted by atomic mass is 9.92. The van der Waals surface area contributed by atoms with Crippen molar-refractivity contribution < 1.29 is 24.1 Å². The first-order valence-corrected chi connectivity index (χ1v) is 15.8. The van der Waals surface area contributed by atoms with Crippen LogP contribution in [0.3, 0.4) is 0 Å². The van der Waals surface area contributed by atoms with Crippen molar-refractivity contribution in [2.45, 2.75) is 142 Å². The summed E-state index contributed by atoms with van der Waals surface area (Å²) in [5.41, 5.74) is 0.310. The summed E-state index contributed by atoms with van der Waals surface area (Å²) in [6.45, 7) is 8.70. The molecule has 0 saturated carbocycles. The van der Waals surface area contributed by atoms with Gasteiger partial charge in [-0.1, -0.05) is 97.3 Å². The number of aliphatic hydroxyl groups excluding tert-OH is 1. The average molecular weight is 540 g/mol. The molecule has 1 rings (SSSR count). The Bertz CT molecular complexity index is 613. The summed E-state index contributed by atoms with van der Waals surface area (Å²) < 4.78 is 17.1. The van der Waals surface area contributed by atoms with Gasteiger partial charge in [-0.15, -0.1) is 0 Å². The van der Waals surface area contributed by atoms with Crippen molar-refractivity contribution in [1.82, 2.24) is 4.90 Å². The van der Waals surface area contributed by atoms with E-state index >= 15 is 0 Å². The molecule has 0 aromatic carbocycles. The molecular weight excluding hydrogens is 478 g/mol. The van der Waals surface area contributed by atoms with Gasteiger partial charge in [0, 0.05) is 13.2 Å². The molecule has 1 N–H and O–H groups in total. The van der Waals surface area contributed by atoms with Gasteiger partial charge in [-0.2, -0.15) is 0 Å². The van der Waals surface area contributed by atoms with Gasteiger partial charge in [-0.3, -0.25) is 9.69 Å². The molecule has 1 aliphatic rings. The van der Waals surface area contributed by atoms with Crippen molar-refractivity contribution in [3.05, 3.63) is 11.6 Å². The van der Waals surface area contributed by atoms with E-state index in [9.17, 15) is 9.90 Å². The second kappa shape index (κ2) is 21.8. The van der Waals surface area contributed by atoms with Gasteiger partial charge < -0.3 is 19.3 Å². The van der Waals surface area contributed by atoms with Crippen LogP contribution in [-0.2, 0) is 19.0 Å². The normalized spacial score (nSPS) is 19.5. The lowest BCUT2D eigenvalue weighted by Crippen LogP contribution is -2.37. The molecule has 6 heteroatoms. The number of hydrogen-bond donors (Lipinski definition) is 1. The molecule has 224 valence electrons. The zero-order valence-electron chi connectivity index (χ0n) is 25.6. The van der Waals surface area contributed by atoms with Crippen molar-refractivity contribution in [3.63, 3.8) is 0 Å². The minimum Gasteiger partial charge on any atom is -0.461 e. The van der Waals surface area contributed by atoms with E-state index in [1.54, 1.807) is 11.0 Å². The van der Waals surface area contributed by atoms with Crippen LogP contribution >= 0.6 is 0 Å². The number of esters is 1. The molecule has 1 unspecified atom stereocenters. The predicted molar refractivity (Wildman–Crippen MR) is 157 cm³/mol. The quantitative estimate of drug-likeness (QED) is 0.0739. The maximum absolute atomic E-state index is 11.9. The Morgan fingerprint density at radius 1 is 0.921 bits per heavy atom. The molecule has 6 nitrogen and oxygen atoms in total. The van der Waals surface area contributed by atoms with Gasteiger partial charge in [-0.05, 0) is 64.3 Å². The number of hydrogen-bond acceptors (Lipinski definition) is 6. The zero-order valence-corrected chi connectivity index (χ0v) is 25.6. The molecule has 0 saturated heterocycles. The lowest BCUT2D eigenvalue weighted by Gasteiger charge is -2.28. The summed E-state index contributed by atoms with van der Waals surface area (Å²) in [7, 11) is 3.67. The van der Waals surface area contributed by atoms with Crippen LogP contribution < -0.4 is 0 Å². The Hall–Kier alpha value is -0.950. The molecule has 0 radical (unpaired) electrons. The van der Waals surface area contributed by atoms with Gasteiger partial charge in [0.2, 0.25) is 0 Å². The Morgan fingerprint density at radius 2 is 1.53 bits per heavy atom. The van der Waals surface area contributed by atoms with Crippen LogP contribution in [0.2, 0.25) is 0 Å². The van der Waals surface area contributed by atoms with Crippen molar-refractivity contribution >= 4 is 5.97 Å². The molecule has 2 atom stereocenters. The van der Waals surface area contributed by atoms with E-state index in [0.29, 0.717) is 0 Å². The van der Waals surface area contributed by atoms with Crippen LogP contribution in [-0.4, -0.2) is 68.3 Å². The highest BCUT2D eigenvalue weighted by Gasteiger charge is 2.38. The maximum atomic E-state index is 11.9. The Labute approximate surface area is 234 Å². The molecule has 0 aromatic heterocycles. The van der Waals surface area contributed by atoms with Crippen LogP contribution in [0.1, 0.15) is 130 Å². The van der Waals surface area contributed by atoms with E-state index in [0.717, 1.165) is 44.0 Å². The van der Waals surface area contributed by atoms with Gasteiger partial charge >= 0.3 is 5.97 Å². The number of unbranched alkanes of at least 4 members (excludes halogenated alkanes) is 10. The van der Waals surface area contributed by atoms with Crippen LogP contribution in [0.25, 0.3) is 0 Å². The molecule has 38 heavy (non-hydrogen) atoms. The second-order valence-electron chi connectivity index (χ2n) is 11.8. The molecule has 1 heterocycles. The summed E-state index contributed by atoms with van der Waals surface area (Å²) >= 11 is 0. The molecule has 0 aliphatic carbocycles.